The lowest BCUT2D eigenvalue weighted by Gasteiger charge is -2.33. The molecule has 3 N–H and O–H groups in total. The van der Waals surface area contributed by atoms with Crippen LogP contribution in [-0.2, 0) is 4.79 Å². The first-order valence-electron chi connectivity index (χ1n) is 9.43. The molecule has 1 saturated heterocycles. The van der Waals surface area contributed by atoms with E-state index in [9.17, 15) is 9.59 Å². The van der Waals surface area contributed by atoms with Crippen molar-refractivity contribution in [2.24, 2.45) is 0 Å². The highest BCUT2D eigenvalue weighted by atomic mass is 35.5. The minimum atomic E-state index is -0.498. The van der Waals surface area contributed by atoms with Gasteiger partial charge in [-0.3, -0.25) is 10.1 Å². The topological polar surface area (TPSA) is 65.9 Å². The summed E-state index contributed by atoms with van der Waals surface area (Å²) in [5.74, 6) is -0.275. The van der Waals surface area contributed by atoms with Gasteiger partial charge in [0.25, 0.3) is 5.91 Å². The number of rotatable bonds is 4. The highest BCUT2D eigenvalue weighted by molar-refractivity contribution is 6.33. The summed E-state index contributed by atoms with van der Waals surface area (Å²) >= 11 is 6.26. The van der Waals surface area contributed by atoms with Crippen LogP contribution in [0.5, 0.6) is 0 Å². The maximum absolute atomic E-state index is 12.2. The predicted molar refractivity (Wildman–Crippen MR) is 112 cm³/mol. The van der Waals surface area contributed by atoms with E-state index in [4.69, 9.17) is 11.6 Å². The molecular formula is C21H26ClN4O2+. The van der Waals surface area contributed by atoms with E-state index in [2.05, 4.69) is 15.5 Å². The molecule has 0 aliphatic carbocycles. The Morgan fingerprint density at radius 1 is 1.07 bits per heavy atom. The Morgan fingerprint density at radius 2 is 1.79 bits per heavy atom. The number of piperazine rings is 1. The van der Waals surface area contributed by atoms with Crippen molar-refractivity contribution in [1.82, 2.24) is 5.32 Å². The molecule has 0 saturated carbocycles. The van der Waals surface area contributed by atoms with Crippen molar-refractivity contribution in [3.05, 3.63) is 58.6 Å². The van der Waals surface area contributed by atoms with Gasteiger partial charge in [0.2, 0.25) is 0 Å². The maximum Gasteiger partial charge on any atom is 0.326 e. The molecule has 0 unspecified atom stereocenters. The van der Waals surface area contributed by atoms with Crippen molar-refractivity contribution in [2.75, 3.05) is 42.9 Å². The Balaban J connectivity index is 1.44. The molecule has 0 aromatic heterocycles. The van der Waals surface area contributed by atoms with Crippen molar-refractivity contribution in [3.8, 4) is 0 Å². The fraction of sp³-hybridized carbons (Fsp3) is 0.333. The van der Waals surface area contributed by atoms with Crippen LogP contribution in [0.3, 0.4) is 0 Å². The monoisotopic (exact) mass is 401 g/mol. The number of hydrogen-bond acceptors (Lipinski definition) is 3. The third-order valence-electron chi connectivity index (χ3n) is 5.09. The van der Waals surface area contributed by atoms with Crippen LogP contribution in [0, 0.1) is 13.8 Å². The van der Waals surface area contributed by atoms with Gasteiger partial charge in [0.15, 0.2) is 6.54 Å². The summed E-state index contributed by atoms with van der Waals surface area (Å²) in [6.07, 6.45) is 0. The van der Waals surface area contributed by atoms with Crippen LogP contribution in [0.25, 0.3) is 0 Å². The number of nitrogens with zero attached hydrogens (tertiary/aromatic N) is 1. The quantitative estimate of drug-likeness (QED) is 0.734. The number of aryl methyl sites for hydroxylation is 2. The molecule has 1 heterocycles. The summed E-state index contributed by atoms with van der Waals surface area (Å²) in [7, 11) is 0. The minimum Gasteiger partial charge on any atom is -0.359 e. The lowest BCUT2D eigenvalue weighted by molar-refractivity contribution is -0.892. The third-order valence-corrected chi connectivity index (χ3v) is 5.41. The minimum absolute atomic E-state index is 0.275. The molecule has 2 aromatic carbocycles. The first kappa shape index (κ1) is 20.2. The normalized spacial score (nSPS) is 14.6. The molecule has 6 nitrogen and oxygen atoms in total. The average Bonchev–Trinajstić information content (AvgIpc) is 2.66. The Morgan fingerprint density at radius 3 is 2.46 bits per heavy atom. The highest BCUT2D eigenvalue weighted by Crippen LogP contribution is 2.24. The standard InChI is InChI=1S/C21H25ClN4O2/c1-15-7-8-17(13-16(15)2)23-21(28)24-20(27)14-25-9-11-26(12-10-25)19-6-4-3-5-18(19)22/h3-8,13H,9-12,14H2,1-2H3,(H2,23,24,27,28)/p+1. The zero-order chi connectivity index (χ0) is 20.1. The average molecular weight is 402 g/mol. The summed E-state index contributed by atoms with van der Waals surface area (Å²) in [5.41, 5.74) is 3.95. The number of imide groups is 1. The van der Waals surface area contributed by atoms with Gasteiger partial charge in [-0.25, -0.2) is 4.79 Å². The molecule has 0 bridgehead atoms. The summed E-state index contributed by atoms with van der Waals surface area (Å²) in [5, 5.41) is 5.87. The number of halogens is 1. The van der Waals surface area contributed by atoms with Crippen LogP contribution < -0.4 is 20.4 Å². The Kier molecular flexibility index (Phi) is 6.54. The Labute approximate surface area is 170 Å². The van der Waals surface area contributed by atoms with Crippen molar-refractivity contribution in [3.63, 3.8) is 0 Å². The van der Waals surface area contributed by atoms with E-state index in [1.807, 2.05) is 56.3 Å². The lowest BCUT2D eigenvalue weighted by atomic mass is 10.1. The van der Waals surface area contributed by atoms with Gasteiger partial charge < -0.3 is 15.1 Å². The van der Waals surface area contributed by atoms with Gasteiger partial charge in [-0.05, 0) is 49.2 Å². The molecule has 28 heavy (non-hydrogen) atoms. The van der Waals surface area contributed by atoms with E-state index in [0.29, 0.717) is 5.69 Å². The van der Waals surface area contributed by atoms with Crippen molar-refractivity contribution in [1.29, 1.82) is 0 Å². The number of urea groups is 1. The molecule has 1 aliphatic rings. The smallest absolute Gasteiger partial charge is 0.326 e. The number of nitrogens with one attached hydrogen (secondary N) is 3. The fourth-order valence-electron chi connectivity index (χ4n) is 3.33. The van der Waals surface area contributed by atoms with E-state index in [0.717, 1.165) is 52.9 Å². The molecule has 0 atom stereocenters. The number of carbonyl (C=O) groups excluding carboxylic acids is 2. The molecule has 3 amide bonds. The van der Waals surface area contributed by atoms with Gasteiger partial charge in [0.05, 0.1) is 36.9 Å². The largest absolute Gasteiger partial charge is 0.359 e. The molecule has 3 rings (SSSR count). The molecule has 0 spiro atoms. The second kappa shape index (κ2) is 9.08. The first-order valence-corrected chi connectivity index (χ1v) is 9.81. The van der Waals surface area contributed by atoms with Gasteiger partial charge in [-0.1, -0.05) is 29.8 Å². The van der Waals surface area contributed by atoms with Gasteiger partial charge in [0, 0.05) is 5.69 Å². The molecule has 2 aromatic rings. The number of carbonyl (C=O) groups is 2. The van der Waals surface area contributed by atoms with Crippen LogP contribution >= 0.6 is 11.6 Å². The second-order valence-corrected chi connectivity index (χ2v) is 7.57. The van der Waals surface area contributed by atoms with Crippen LogP contribution in [-0.4, -0.2) is 44.7 Å². The van der Waals surface area contributed by atoms with Gasteiger partial charge >= 0.3 is 6.03 Å². The lowest BCUT2D eigenvalue weighted by Crippen LogP contribution is -3.16. The van der Waals surface area contributed by atoms with Crippen LogP contribution in [0.1, 0.15) is 11.1 Å². The number of quaternary nitrogens is 1. The SMILES string of the molecule is Cc1ccc(NC(=O)NC(=O)C[NH+]2CCN(c3ccccc3Cl)CC2)cc1C. The Bertz CT molecular complexity index is 863. The number of hydrogen-bond donors (Lipinski definition) is 3. The van der Waals surface area contributed by atoms with Crippen molar-refractivity contribution in [2.45, 2.75) is 13.8 Å². The van der Waals surface area contributed by atoms with E-state index < -0.39 is 6.03 Å². The Hall–Kier alpha value is -2.57. The molecule has 1 fully saturated rings. The molecular weight excluding hydrogens is 376 g/mol. The van der Waals surface area contributed by atoms with Crippen molar-refractivity contribution < 1.29 is 14.5 Å². The van der Waals surface area contributed by atoms with E-state index in [1.165, 1.54) is 0 Å². The zero-order valence-electron chi connectivity index (χ0n) is 16.2. The zero-order valence-corrected chi connectivity index (χ0v) is 17.0. The number of anilines is 2. The summed E-state index contributed by atoms with van der Waals surface area (Å²) < 4.78 is 0. The van der Waals surface area contributed by atoms with E-state index in [-0.39, 0.29) is 12.5 Å². The molecule has 0 radical (unpaired) electrons. The maximum atomic E-state index is 12.2. The van der Waals surface area contributed by atoms with E-state index in [1.54, 1.807) is 0 Å². The fourth-order valence-corrected chi connectivity index (χ4v) is 3.58. The second-order valence-electron chi connectivity index (χ2n) is 7.17. The number of amides is 3. The summed E-state index contributed by atoms with van der Waals surface area (Å²) in [4.78, 5) is 27.7. The molecule has 7 heteroatoms. The number of para-hydroxylation sites is 1. The van der Waals surface area contributed by atoms with Crippen LogP contribution in [0.2, 0.25) is 5.02 Å². The van der Waals surface area contributed by atoms with Crippen LogP contribution in [0.15, 0.2) is 42.5 Å². The molecule has 1 aliphatic heterocycles. The van der Waals surface area contributed by atoms with Crippen molar-refractivity contribution >= 4 is 34.9 Å². The predicted octanol–water partition coefficient (Wildman–Crippen LogP) is 2.01. The van der Waals surface area contributed by atoms with Crippen LogP contribution in [0.4, 0.5) is 16.2 Å². The van der Waals surface area contributed by atoms with Gasteiger partial charge in [-0.15, -0.1) is 0 Å². The molecule has 148 valence electrons. The first-order chi connectivity index (χ1) is 13.4. The van der Waals surface area contributed by atoms with Gasteiger partial charge in [-0.2, -0.15) is 0 Å². The van der Waals surface area contributed by atoms with E-state index >= 15 is 0 Å². The van der Waals surface area contributed by atoms with Gasteiger partial charge in [0.1, 0.15) is 0 Å². The summed E-state index contributed by atoms with van der Waals surface area (Å²) in [6, 6.07) is 12.9. The summed E-state index contributed by atoms with van der Waals surface area (Å²) in [6.45, 7) is 7.54. The highest BCUT2D eigenvalue weighted by Gasteiger charge is 2.24. The third kappa shape index (κ3) is 5.24. The number of benzene rings is 2.